The first-order valence-corrected chi connectivity index (χ1v) is 20.0. The molecule has 0 radical (unpaired) electrons. The maximum Gasteiger partial charge on any atom is 0.412 e. The number of nitrogens with zero attached hydrogens (tertiary/aromatic N) is 2. The lowest BCUT2D eigenvalue weighted by atomic mass is 9.94. The molecule has 0 aromatic heterocycles. The second kappa shape index (κ2) is 18.7. The summed E-state index contributed by atoms with van der Waals surface area (Å²) in [6.07, 6.45) is 3.02. The fourth-order valence-electron chi connectivity index (χ4n) is 6.53. The zero-order valence-corrected chi connectivity index (χ0v) is 33.3. The number of anilines is 1. The topological polar surface area (TPSA) is 155 Å². The van der Waals surface area contributed by atoms with Gasteiger partial charge in [0.15, 0.2) is 0 Å². The fourth-order valence-corrected chi connectivity index (χ4v) is 8.15. The highest BCUT2D eigenvalue weighted by atomic mass is 32.2. The second-order valence-electron chi connectivity index (χ2n) is 15.4. The van der Waals surface area contributed by atoms with Crippen molar-refractivity contribution in [3.8, 4) is 5.75 Å². The molecule has 1 aliphatic carbocycles. The molecule has 3 amide bonds. The van der Waals surface area contributed by atoms with Crippen LogP contribution in [0.25, 0.3) is 0 Å². The molecular formula is C41H56N4O8S. The summed E-state index contributed by atoms with van der Waals surface area (Å²) in [5.74, 6) is -0.482. The molecule has 1 saturated carbocycles. The first-order valence-electron chi connectivity index (χ1n) is 18.6. The van der Waals surface area contributed by atoms with Gasteiger partial charge in [-0.15, -0.1) is 0 Å². The largest absolute Gasteiger partial charge is 0.497 e. The minimum atomic E-state index is -4.06. The molecule has 2 atom stereocenters. The van der Waals surface area contributed by atoms with Crippen LogP contribution >= 0.6 is 0 Å². The number of amides is 3. The zero-order valence-electron chi connectivity index (χ0n) is 32.5. The van der Waals surface area contributed by atoms with Gasteiger partial charge < -0.3 is 24.8 Å². The van der Waals surface area contributed by atoms with Crippen molar-refractivity contribution in [2.24, 2.45) is 5.92 Å². The van der Waals surface area contributed by atoms with Crippen LogP contribution in [0.4, 0.5) is 10.5 Å². The SMILES string of the molecule is COc1ccc(S(=O)(=O)N(CC(C)C)C[C@@H](O)[C@H](Cc2ccccc2)NC(=O)c2cc(NC(=O)OC(C)(C)C)cc(C(=O)N(C)C3CCCCC3)c2)cc1. The number of aliphatic hydroxyl groups excluding tert-OH is 1. The Hall–Kier alpha value is -4.46. The summed E-state index contributed by atoms with van der Waals surface area (Å²) in [4.78, 5) is 42.6. The van der Waals surface area contributed by atoms with E-state index < -0.39 is 39.8 Å². The Morgan fingerprint density at radius 2 is 1.54 bits per heavy atom. The van der Waals surface area contributed by atoms with E-state index in [1.54, 1.807) is 44.9 Å². The van der Waals surface area contributed by atoms with E-state index in [2.05, 4.69) is 10.6 Å². The first-order chi connectivity index (χ1) is 25.5. The molecule has 0 aliphatic heterocycles. The lowest BCUT2D eigenvalue weighted by molar-refractivity contribution is 0.0633. The minimum Gasteiger partial charge on any atom is -0.497 e. The Labute approximate surface area is 320 Å². The molecule has 0 heterocycles. The fraction of sp³-hybridized carbons (Fsp3) is 0.488. The molecule has 1 fully saturated rings. The molecule has 12 nitrogen and oxygen atoms in total. The van der Waals surface area contributed by atoms with Crippen molar-refractivity contribution in [1.29, 1.82) is 0 Å². The maximum atomic E-state index is 14.2. The number of sulfonamides is 1. The van der Waals surface area contributed by atoms with E-state index in [4.69, 9.17) is 9.47 Å². The van der Waals surface area contributed by atoms with E-state index in [0.29, 0.717) is 5.75 Å². The smallest absolute Gasteiger partial charge is 0.412 e. The summed E-state index contributed by atoms with van der Waals surface area (Å²) < 4.78 is 39.7. The van der Waals surface area contributed by atoms with Gasteiger partial charge in [-0.05, 0) is 94.0 Å². The monoisotopic (exact) mass is 764 g/mol. The van der Waals surface area contributed by atoms with Crippen molar-refractivity contribution >= 4 is 33.6 Å². The Kier molecular flexibility index (Phi) is 14.7. The number of carbonyl (C=O) groups excluding carboxylic acids is 3. The normalized spacial score (nSPS) is 15.0. The van der Waals surface area contributed by atoms with Crippen LogP contribution in [0.5, 0.6) is 5.75 Å². The Balaban J connectivity index is 1.68. The van der Waals surface area contributed by atoms with Crippen molar-refractivity contribution in [3.63, 3.8) is 0 Å². The van der Waals surface area contributed by atoms with Crippen LogP contribution in [0.1, 0.15) is 93.0 Å². The van der Waals surface area contributed by atoms with Crippen LogP contribution in [-0.4, -0.2) is 91.7 Å². The third kappa shape index (κ3) is 12.0. The van der Waals surface area contributed by atoms with Gasteiger partial charge in [-0.3, -0.25) is 14.9 Å². The predicted octanol–water partition coefficient (Wildman–Crippen LogP) is 6.50. The van der Waals surface area contributed by atoms with Crippen LogP contribution in [0, 0.1) is 5.92 Å². The molecule has 294 valence electrons. The van der Waals surface area contributed by atoms with E-state index in [1.165, 1.54) is 41.7 Å². The van der Waals surface area contributed by atoms with Crippen LogP contribution in [0.15, 0.2) is 77.7 Å². The molecule has 0 saturated heterocycles. The van der Waals surface area contributed by atoms with Gasteiger partial charge in [-0.2, -0.15) is 4.31 Å². The van der Waals surface area contributed by atoms with Crippen molar-refractivity contribution in [1.82, 2.24) is 14.5 Å². The van der Waals surface area contributed by atoms with Gasteiger partial charge in [-0.1, -0.05) is 63.4 Å². The first kappa shape index (κ1) is 42.3. The molecule has 3 aromatic rings. The Morgan fingerprint density at radius 1 is 0.907 bits per heavy atom. The standard InChI is InChI=1S/C41H56N4O8S/c1-28(2)26-45(54(50,51)35-20-18-34(52-7)19-21-35)27-37(46)36(22-29-14-10-8-11-15-29)43-38(47)30-23-31(39(48)44(6)33-16-12-9-13-17-33)25-32(24-30)42-40(49)53-41(3,4)5/h8,10-11,14-15,18-21,23-25,28,33,36-37,46H,9,12-13,16-17,22,26-27H2,1-7H3,(H,42,49)(H,43,47)/t36-,37+/m0/s1. The van der Waals surface area contributed by atoms with Gasteiger partial charge in [0.25, 0.3) is 11.8 Å². The van der Waals surface area contributed by atoms with Gasteiger partial charge in [0.1, 0.15) is 11.4 Å². The number of rotatable bonds is 15. The number of ether oxygens (including phenoxy) is 2. The summed E-state index contributed by atoms with van der Waals surface area (Å²) in [5, 5.41) is 17.4. The molecule has 1 aliphatic rings. The second-order valence-corrected chi connectivity index (χ2v) is 17.3. The Morgan fingerprint density at radius 3 is 2.13 bits per heavy atom. The van der Waals surface area contributed by atoms with E-state index in [9.17, 15) is 27.9 Å². The molecule has 3 N–H and O–H groups in total. The molecular weight excluding hydrogens is 709 g/mol. The van der Waals surface area contributed by atoms with E-state index in [0.717, 1.165) is 37.7 Å². The van der Waals surface area contributed by atoms with Crippen LogP contribution < -0.4 is 15.4 Å². The summed E-state index contributed by atoms with van der Waals surface area (Å²) in [6.45, 7) is 8.77. The summed E-state index contributed by atoms with van der Waals surface area (Å²) in [5.41, 5.74) is 0.478. The Bertz CT molecular complexity index is 1820. The van der Waals surface area contributed by atoms with Crippen molar-refractivity contribution in [3.05, 3.63) is 89.5 Å². The number of benzene rings is 3. The summed E-state index contributed by atoms with van der Waals surface area (Å²) >= 11 is 0. The van der Waals surface area contributed by atoms with Gasteiger partial charge >= 0.3 is 6.09 Å². The van der Waals surface area contributed by atoms with Crippen molar-refractivity contribution in [2.75, 3.05) is 32.6 Å². The van der Waals surface area contributed by atoms with Gasteiger partial charge in [0.2, 0.25) is 10.0 Å². The highest BCUT2D eigenvalue weighted by Gasteiger charge is 2.32. The third-order valence-corrected chi connectivity index (χ3v) is 11.1. The number of nitrogens with one attached hydrogen (secondary N) is 2. The molecule has 0 bridgehead atoms. The van der Waals surface area contributed by atoms with Gasteiger partial charge in [-0.25, -0.2) is 13.2 Å². The number of aliphatic hydroxyl groups is 1. The molecule has 13 heteroatoms. The average Bonchev–Trinajstić information content (AvgIpc) is 3.13. The number of carbonyl (C=O) groups is 3. The highest BCUT2D eigenvalue weighted by molar-refractivity contribution is 7.89. The maximum absolute atomic E-state index is 14.2. The van der Waals surface area contributed by atoms with Crippen LogP contribution in [-0.2, 0) is 21.2 Å². The molecule has 4 rings (SSSR count). The lowest BCUT2D eigenvalue weighted by Crippen LogP contribution is -2.51. The zero-order chi connectivity index (χ0) is 39.6. The van der Waals surface area contributed by atoms with E-state index in [-0.39, 0.29) is 59.1 Å². The van der Waals surface area contributed by atoms with Crippen molar-refractivity contribution in [2.45, 2.75) is 102 Å². The van der Waals surface area contributed by atoms with Gasteiger partial charge in [0.05, 0.1) is 24.2 Å². The minimum absolute atomic E-state index is 0.0458. The number of methoxy groups -OCH3 is 1. The molecule has 54 heavy (non-hydrogen) atoms. The van der Waals surface area contributed by atoms with Crippen LogP contribution in [0.2, 0.25) is 0 Å². The molecule has 0 unspecified atom stereocenters. The van der Waals surface area contributed by atoms with E-state index >= 15 is 0 Å². The summed E-state index contributed by atoms with van der Waals surface area (Å²) in [6, 6.07) is 18.8. The number of hydrogen-bond acceptors (Lipinski definition) is 8. The molecule has 3 aromatic carbocycles. The average molecular weight is 765 g/mol. The third-order valence-electron chi connectivity index (χ3n) is 9.27. The predicted molar refractivity (Wildman–Crippen MR) is 209 cm³/mol. The number of hydrogen-bond donors (Lipinski definition) is 3. The van der Waals surface area contributed by atoms with E-state index in [1.807, 2.05) is 44.2 Å². The van der Waals surface area contributed by atoms with Gasteiger partial charge in [0, 0.05) is 43.0 Å². The lowest BCUT2D eigenvalue weighted by Gasteiger charge is -2.31. The highest BCUT2D eigenvalue weighted by Crippen LogP contribution is 2.26. The molecule has 0 spiro atoms. The quantitative estimate of drug-likeness (QED) is 0.159. The van der Waals surface area contributed by atoms with Crippen molar-refractivity contribution < 1.29 is 37.4 Å². The summed E-state index contributed by atoms with van der Waals surface area (Å²) in [7, 11) is -0.810. The van der Waals surface area contributed by atoms with Crippen LogP contribution in [0.3, 0.4) is 0 Å².